The summed E-state index contributed by atoms with van der Waals surface area (Å²) in [5, 5.41) is 2.48. The molecule has 0 atom stereocenters. The number of ether oxygens (including phenoxy) is 3. The zero-order valence-electron chi connectivity index (χ0n) is 16.0. The Morgan fingerprint density at radius 3 is 2.20 bits per heavy atom. The molecule has 3 aromatic rings. The Morgan fingerprint density at radius 1 is 0.800 bits per heavy atom. The first-order chi connectivity index (χ1) is 14.6. The van der Waals surface area contributed by atoms with E-state index in [1.54, 1.807) is 36.4 Å². The fraction of sp³-hybridized carbons (Fsp3) is 0.130. The maximum atomic E-state index is 13.4. The summed E-state index contributed by atoms with van der Waals surface area (Å²) < 4.78 is 29.2. The summed E-state index contributed by atoms with van der Waals surface area (Å²) >= 11 is 0. The molecule has 6 nitrogen and oxygen atoms in total. The number of para-hydroxylation sites is 2. The Bertz CT molecular complexity index is 976. The molecule has 3 rings (SSSR count). The zero-order valence-corrected chi connectivity index (χ0v) is 16.0. The lowest BCUT2D eigenvalue weighted by Gasteiger charge is -2.09. The van der Waals surface area contributed by atoms with Crippen LogP contribution in [0.15, 0.2) is 78.9 Å². The van der Waals surface area contributed by atoms with Gasteiger partial charge in [0, 0.05) is 5.56 Å². The van der Waals surface area contributed by atoms with Crippen molar-refractivity contribution < 1.29 is 28.2 Å². The smallest absolute Gasteiger partial charge is 0.325 e. The molecule has 0 spiro atoms. The lowest BCUT2D eigenvalue weighted by molar-refractivity contribution is -0.143. The molecular weight excluding hydrogens is 389 g/mol. The average Bonchev–Trinajstić information content (AvgIpc) is 2.77. The van der Waals surface area contributed by atoms with E-state index in [0.29, 0.717) is 17.1 Å². The number of carbonyl (C=O) groups excluding carboxylic acids is 2. The van der Waals surface area contributed by atoms with Crippen molar-refractivity contribution in [1.29, 1.82) is 0 Å². The molecule has 0 fully saturated rings. The predicted octanol–water partition coefficient (Wildman–Crippen LogP) is 3.97. The Hall–Kier alpha value is -3.87. The predicted molar refractivity (Wildman–Crippen MR) is 108 cm³/mol. The van der Waals surface area contributed by atoms with Crippen LogP contribution in [-0.4, -0.2) is 31.6 Å². The first kappa shape index (κ1) is 20.9. The lowest BCUT2D eigenvalue weighted by Crippen LogP contribution is -2.31. The summed E-state index contributed by atoms with van der Waals surface area (Å²) in [7, 11) is 0. The topological polar surface area (TPSA) is 73.9 Å². The number of amides is 1. The molecule has 30 heavy (non-hydrogen) atoms. The molecule has 0 aliphatic rings. The van der Waals surface area contributed by atoms with Crippen molar-refractivity contribution >= 4 is 11.9 Å². The zero-order chi connectivity index (χ0) is 21.2. The van der Waals surface area contributed by atoms with Crippen LogP contribution in [0.2, 0.25) is 0 Å². The van der Waals surface area contributed by atoms with Gasteiger partial charge < -0.3 is 19.5 Å². The first-order valence-electron chi connectivity index (χ1n) is 9.26. The minimum absolute atomic E-state index is 0.00347. The van der Waals surface area contributed by atoms with Gasteiger partial charge in [-0.2, -0.15) is 0 Å². The highest BCUT2D eigenvalue weighted by molar-refractivity contribution is 5.96. The van der Waals surface area contributed by atoms with Gasteiger partial charge in [0.25, 0.3) is 5.91 Å². The van der Waals surface area contributed by atoms with E-state index < -0.39 is 17.7 Å². The quantitative estimate of drug-likeness (QED) is 0.428. The highest BCUT2D eigenvalue weighted by atomic mass is 19.1. The summed E-state index contributed by atoms with van der Waals surface area (Å²) in [6, 6.07) is 21.7. The third kappa shape index (κ3) is 6.34. The van der Waals surface area contributed by atoms with Crippen LogP contribution in [-0.2, 0) is 9.53 Å². The fourth-order valence-corrected chi connectivity index (χ4v) is 2.47. The van der Waals surface area contributed by atoms with E-state index in [2.05, 4.69) is 5.32 Å². The number of carbonyl (C=O) groups is 2. The second-order valence-electron chi connectivity index (χ2n) is 6.12. The van der Waals surface area contributed by atoms with Gasteiger partial charge in [0.2, 0.25) is 0 Å². The van der Waals surface area contributed by atoms with E-state index in [-0.39, 0.29) is 25.5 Å². The molecule has 0 aliphatic carbocycles. The van der Waals surface area contributed by atoms with E-state index in [1.807, 2.05) is 30.3 Å². The molecule has 0 saturated carbocycles. The van der Waals surface area contributed by atoms with E-state index in [9.17, 15) is 14.0 Å². The Balaban J connectivity index is 1.37. The van der Waals surface area contributed by atoms with Crippen molar-refractivity contribution in [3.63, 3.8) is 0 Å². The summed E-state index contributed by atoms with van der Waals surface area (Å²) in [5.41, 5.74) is 0.381. The average molecular weight is 409 g/mol. The van der Waals surface area contributed by atoms with Gasteiger partial charge in [-0.15, -0.1) is 0 Å². The second kappa shape index (κ2) is 10.6. The highest BCUT2D eigenvalue weighted by Gasteiger charge is 2.10. The van der Waals surface area contributed by atoms with Gasteiger partial charge in [0.1, 0.15) is 31.3 Å². The summed E-state index contributed by atoms with van der Waals surface area (Å²) in [6.45, 7) is -0.348. The molecule has 0 bridgehead atoms. The number of hydrogen-bond acceptors (Lipinski definition) is 5. The van der Waals surface area contributed by atoms with Crippen molar-refractivity contribution in [2.75, 3.05) is 19.8 Å². The van der Waals surface area contributed by atoms with E-state index >= 15 is 0 Å². The van der Waals surface area contributed by atoms with Gasteiger partial charge in [-0.25, -0.2) is 4.39 Å². The SMILES string of the molecule is O=C(CNC(=O)c1ccc(Oc2ccccc2)cc1)OCCOc1ccccc1F. The number of hydrogen-bond donors (Lipinski definition) is 1. The minimum Gasteiger partial charge on any atom is -0.487 e. The molecule has 1 amide bonds. The number of esters is 1. The van der Waals surface area contributed by atoms with Crippen molar-refractivity contribution in [1.82, 2.24) is 5.32 Å². The minimum atomic E-state index is -0.621. The molecular formula is C23H20FNO5. The van der Waals surface area contributed by atoms with Gasteiger partial charge in [-0.1, -0.05) is 30.3 Å². The van der Waals surface area contributed by atoms with Crippen LogP contribution in [0.4, 0.5) is 4.39 Å². The summed E-state index contributed by atoms with van der Waals surface area (Å²) in [6.07, 6.45) is 0. The largest absolute Gasteiger partial charge is 0.487 e. The number of rotatable bonds is 9. The third-order valence-electron chi connectivity index (χ3n) is 3.93. The van der Waals surface area contributed by atoms with Crippen LogP contribution in [0.25, 0.3) is 0 Å². The molecule has 0 saturated heterocycles. The van der Waals surface area contributed by atoms with Gasteiger partial charge >= 0.3 is 5.97 Å². The Kier molecular flexibility index (Phi) is 7.38. The molecule has 0 aromatic heterocycles. The molecule has 7 heteroatoms. The van der Waals surface area contributed by atoms with Gasteiger partial charge in [-0.3, -0.25) is 9.59 Å². The van der Waals surface area contributed by atoms with E-state index in [1.165, 1.54) is 12.1 Å². The van der Waals surface area contributed by atoms with Gasteiger partial charge in [0.05, 0.1) is 0 Å². The summed E-state index contributed by atoms with van der Waals surface area (Å²) in [4.78, 5) is 23.9. The van der Waals surface area contributed by atoms with Crippen molar-refractivity contribution in [3.8, 4) is 17.2 Å². The molecule has 154 valence electrons. The maximum Gasteiger partial charge on any atom is 0.325 e. The molecule has 0 aliphatic heterocycles. The third-order valence-corrected chi connectivity index (χ3v) is 3.93. The molecule has 1 N–H and O–H groups in total. The molecule has 0 radical (unpaired) electrons. The Morgan fingerprint density at radius 2 is 1.47 bits per heavy atom. The normalized spacial score (nSPS) is 10.2. The number of nitrogens with one attached hydrogen (secondary N) is 1. The van der Waals surface area contributed by atoms with Gasteiger partial charge in [0.15, 0.2) is 11.6 Å². The second-order valence-corrected chi connectivity index (χ2v) is 6.12. The van der Waals surface area contributed by atoms with Crippen molar-refractivity contribution in [2.45, 2.75) is 0 Å². The van der Waals surface area contributed by atoms with Gasteiger partial charge in [-0.05, 0) is 48.5 Å². The number of benzene rings is 3. The first-order valence-corrected chi connectivity index (χ1v) is 9.26. The van der Waals surface area contributed by atoms with E-state index in [4.69, 9.17) is 14.2 Å². The van der Waals surface area contributed by atoms with Crippen LogP contribution in [0.1, 0.15) is 10.4 Å². The van der Waals surface area contributed by atoms with Crippen LogP contribution >= 0.6 is 0 Å². The van der Waals surface area contributed by atoms with Crippen LogP contribution in [0.5, 0.6) is 17.2 Å². The highest BCUT2D eigenvalue weighted by Crippen LogP contribution is 2.21. The fourth-order valence-electron chi connectivity index (χ4n) is 2.47. The maximum absolute atomic E-state index is 13.4. The summed E-state index contributed by atoms with van der Waals surface area (Å²) in [5.74, 6) is -0.161. The standard InChI is InChI=1S/C23H20FNO5/c24-20-8-4-5-9-21(20)28-14-15-29-22(26)16-25-23(27)17-10-12-19(13-11-17)30-18-6-2-1-3-7-18/h1-13H,14-16H2,(H,25,27). The lowest BCUT2D eigenvalue weighted by atomic mass is 10.2. The van der Waals surface area contributed by atoms with Crippen LogP contribution < -0.4 is 14.8 Å². The molecule has 0 unspecified atom stereocenters. The van der Waals surface area contributed by atoms with E-state index in [0.717, 1.165) is 0 Å². The van der Waals surface area contributed by atoms with Crippen molar-refractivity contribution in [3.05, 3.63) is 90.2 Å². The van der Waals surface area contributed by atoms with Crippen LogP contribution in [0.3, 0.4) is 0 Å². The molecule has 3 aromatic carbocycles. The number of halogens is 1. The Labute approximate surface area is 173 Å². The van der Waals surface area contributed by atoms with Crippen molar-refractivity contribution in [2.24, 2.45) is 0 Å². The monoisotopic (exact) mass is 409 g/mol. The molecule has 0 heterocycles. The van der Waals surface area contributed by atoms with Crippen LogP contribution in [0, 0.1) is 5.82 Å².